The maximum Gasteiger partial charge on any atom is 0.417 e. The third kappa shape index (κ3) is 10.1. The molecule has 216 valence electrons. The average molecular weight is 631 g/mol. The van der Waals surface area contributed by atoms with Crippen molar-refractivity contribution in [2.45, 2.75) is 37.8 Å². The molecule has 2 aromatic rings. The van der Waals surface area contributed by atoms with Gasteiger partial charge in [0.25, 0.3) is 0 Å². The quantitative estimate of drug-likeness (QED) is 0.204. The van der Waals surface area contributed by atoms with E-state index in [4.69, 9.17) is 23.2 Å². The number of rotatable bonds is 9. The Labute approximate surface area is 228 Å². The van der Waals surface area contributed by atoms with E-state index in [0.29, 0.717) is 12.1 Å². The molecule has 0 saturated heterocycles. The molecule has 39 heavy (non-hydrogen) atoms. The van der Waals surface area contributed by atoms with Crippen LogP contribution < -0.4 is 0 Å². The lowest BCUT2D eigenvalue weighted by atomic mass is 9.93. The first-order valence-electron chi connectivity index (χ1n) is 10.7. The highest BCUT2D eigenvalue weighted by molar-refractivity contribution is 7.85. The lowest BCUT2D eigenvalue weighted by Gasteiger charge is -2.19. The zero-order chi connectivity index (χ0) is 29.9. The second kappa shape index (κ2) is 12.6. The van der Waals surface area contributed by atoms with Crippen molar-refractivity contribution in [3.63, 3.8) is 0 Å². The Balaban J connectivity index is 2.41. The van der Waals surface area contributed by atoms with Gasteiger partial charge < -0.3 is 0 Å². The Morgan fingerprint density at radius 1 is 0.949 bits per heavy atom. The van der Waals surface area contributed by atoms with Crippen LogP contribution in [0.3, 0.4) is 0 Å². The highest BCUT2D eigenvalue weighted by Crippen LogP contribution is 2.41. The monoisotopic (exact) mass is 630 g/mol. The zero-order valence-electron chi connectivity index (χ0n) is 19.6. The number of allylic oxidation sites excluding steroid dienone is 1. The predicted molar refractivity (Wildman–Crippen MR) is 128 cm³/mol. The molecular weight excluding hydrogens is 613 g/mol. The normalized spacial score (nSPS) is 15.7. The Kier molecular flexibility index (Phi) is 10.7. The number of carbonyl (C=O) groups excluding carboxylic acids is 1. The molecule has 0 heterocycles. The number of alkyl halides is 9. The van der Waals surface area contributed by atoms with E-state index in [1.165, 1.54) is 6.92 Å². The van der Waals surface area contributed by atoms with Gasteiger partial charge in [-0.1, -0.05) is 42.3 Å². The highest BCUT2D eigenvalue weighted by Gasteiger charge is 2.41. The standard InChI is InChI=1S/C24H18Cl2F10O2S/c1-12(10-39(38)11-22(28,29)30)4-21(37)17-3-2-13(7-19(17)24(34,35)36)20(27)9-18(23(31,32)33)14-5-15(25)8-16(26)6-14/h2-3,5-9,12,18H,4,10-11H2,1H3/b20-9-/t12-,18?,39?/m0/s1. The molecule has 0 aliphatic heterocycles. The molecule has 2 nitrogen and oxygen atoms in total. The second-order valence-electron chi connectivity index (χ2n) is 8.59. The number of benzene rings is 2. The summed E-state index contributed by atoms with van der Waals surface area (Å²) in [5, 5.41) is -0.390. The molecule has 2 aromatic carbocycles. The van der Waals surface area contributed by atoms with Crippen LogP contribution in [0.4, 0.5) is 43.9 Å². The molecule has 0 aliphatic rings. The van der Waals surface area contributed by atoms with Gasteiger partial charge in [0, 0.05) is 44.1 Å². The molecule has 0 radical (unpaired) electrons. The van der Waals surface area contributed by atoms with Gasteiger partial charge in [0.2, 0.25) is 0 Å². The molecule has 0 aliphatic carbocycles. The van der Waals surface area contributed by atoms with Crippen molar-refractivity contribution in [1.82, 2.24) is 0 Å². The summed E-state index contributed by atoms with van der Waals surface area (Å²) >= 11 is 11.4. The summed E-state index contributed by atoms with van der Waals surface area (Å²) in [6.07, 6.45) is -15.7. The molecule has 0 amide bonds. The van der Waals surface area contributed by atoms with Gasteiger partial charge in [0.1, 0.15) is 17.5 Å². The minimum absolute atomic E-state index is 0.0387. The maximum atomic E-state index is 14.9. The van der Waals surface area contributed by atoms with E-state index in [0.717, 1.165) is 18.2 Å². The number of carbonyl (C=O) groups is 1. The van der Waals surface area contributed by atoms with Crippen LogP contribution in [0.25, 0.3) is 5.83 Å². The van der Waals surface area contributed by atoms with E-state index in [9.17, 15) is 52.9 Å². The topological polar surface area (TPSA) is 34.1 Å². The van der Waals surface area contributed by atoms with E-state index in [1.54, 1.807) is 0 Å². The fraction of sp³-hybridized carbons (Fsp3) is 0.375. The zero-order valence-corrected chi connectivity index (χ0v) is 21.9. The smallest absolute Gasteiger partial charge is 0.294 e. The summed E-state index contributed by atoms with van der Waals surface area (Å²) in [4.78, 5) is 12.5. The van der Waals surface area contributed by atoms with Crippen LogP contribution in [0.2, 0.25) is 10.0 Å². The maximum absolute atomic E-state index is 14.9. The van der Waals surface area contributed by atoms with E-state index in [1.807, 2.05) is 0 Å². The molecule has 0 saturated carbocycles. The number of hydrogen-bond acceptors (Lipinski definition) is 2. The average Bonchev–Trinajstić information content (AvgIpc) is 2.73. The van der Waals surface area contributed by atoms with E-state index >= 15 is 0 Å². The Hall–Kier alpha value is -2.12. The Bertz CT molecular complexity index is 1230. The van der Waals surface area contributed by atoms with Crippen molar-refractivity contribution >= 4 is 45.6 Å². The lowest BCUT2D eigenvalue weighted by Crippen LogP contribution is -2.24. The number of hydrogen-bond donors (Lipinski definition) is 0. The molecule has 0 fully saturated rings. The first kappa shape index (κ1) is 33.1. The van der Waals surface area contributed by atoms with Crippen LogP contribution in [-0.2, 0) is 17.0 Å². The van der Waals surface area contributed by atoms with Gasteiger partial charge in [0.05, 0.1) is 5.56 Å². The molecule has 0 bridgehead atoms. The summed E-state index contributed by atoms with van der Waals surface area (Å²) in [7, 11) is -2.42. The second-order valence-corrected chi connectivity index (χ2v) is 11.0. The van der Waals surface area contributed by atoms with Gasteiger partial charge in [-0.25, -0.2) is 4.39 Å². The van der Waals surface area contributed by atoms with Crippen LogP contribution >= 0.6 is 23.2 Å². The van der Waals surface area contributed by atoms with Crippen molar-refractivity contribution in [2.75, 3.05) is 11.5 Å². The molecule has 0 spiro atoms. The summed E-state index contributed by atoms with van der Waals surface area (Å²) < 4.78 is 146. The van der Waals surface area contributed by atoms with Crippen LogP contribution in [0.5, 0.6) is 0 Å². The summed E-state index contributed by atoms with van der Waals surface area (Å²) in [6, 6.07) is 4.23. The van der Waals surface area contributed by atoms with Crippen LogP contribution in [0.15, 0.2) is 42.5 Å². The van der Waals surface area contributed by atoms with Crippen LogP contribution in [0.1, 0.15) is 46.3 Å². The lowest BCUT2D eigenvalue weighted by molar-refractivity contribution is -0.140. The molecular formula is C24H18Cl2F10O2S. The third-order valence-corrected chi connectivity index (χ3v) is 7.17. The molecule has 3 atom stereocenters. The van der Waals surface area contributed by atoms with Crippen molar-refractivity contribution in [3.8, 4) is 0 Å². The SMILES string of the molecule is C[C@@H](CC(=O)c1ccc(/C(F)=C/C(c2cc(Cl)cc(Cl)c2)C(F)(F)F)cc1C(F)(F)F)CS(=O)CC(F)(F)F. The molecule has 0 aromatic heterocycles. The van der Waals surface area contributed by atoms with Crippen LogP contribution in [-0.4, -0.2) is 33.9 Å². The number of ketones is 1. The van der Waals surface area contributed by atoms with Crippen molar-refractivity contribution in [3.05, 3.63) is 74.8 Å². The van der Waals surface area contributed by atoms with E-state index < -0.39 is 93.0 Å². The predicted octanol–water partition coefficient (Wildman–Crippen LogP) is 9.19. The first-order valence-corrected chi connectivity index (χ1v) is 13.0. The van der Waals surface area contributed by atoms with Gasteiger partial charge in [-0.2, -0.15) is 39.5 Å². The van der Waals surface area contributed by atoms with Gasteiger partial charge in [-0.05, 0) is 41.8 Å². The Morgan fingerprint density at radius 2 is 1.51 bits per heavy atom. The van der Waals surface area contributed by atoms with Crippen molar-refractivity contribution in [1.29, 1.82) is 0 Å². The number of halogens is 12. The van der Waals surface area contributed by atoms with E-state index in [-0.39, 0.29) is 22.2 Å². The van der Waals surface area contributed by atoms with Gasteiger partial charge in [-0.3, -0.25) is 9.00 Å². The molecule has 0 N–H and O–H groups in total. The molecule has 2 rings (SSSR count). The molecule has 15 heteroatoms. The van der Waals surface area contributed by atoms with Gasteiger partial charge in [-0.15, -0.1) is 0 Å². The highest BCUT2D eigenvalue weighted by atomic mass is 35.5. The van der Waals surface area contributed by atoms with Gasteiger partial charge in [0.15, 0.2) is 5.78 Å². The minimum atomic E-state index is -5.24. The van der Waals surface area contributed by atoms with Gasteiger partial charge >= 0.3 is 18.5 Å². The largest absolute Gasteiger partial charge is 0.417 e. The first-order chi connectivity index (χ1) is 17.7. The minimum Gasteiger partial charge on any atom is -0.294 e. The van der Waals surface area contributed by atoms with E-state index in [2.05, 4.69) is 0 Å². The summed E-state index contributed by atoms with van der Waals surface area (Å²) in [6.45, 7) is 1.22. The fourth-order valence-electron chi connectivity index (χ4n) is 3.59. The van der Waals surface area contributed by atoms with Crippen molar-refractivity contribution < 1.29 is 52.9 Å². The summed E-state index contributed by atoms with van der Waals surface area (Å²) in [5.41, 5.74) is -4.12. The Morgan fingerprint density at radius 3 is 2.00 bits per heavy atom. The molecule has 2 unspecified atom stereocenters. The van der Waals surface area contributed by atoms with Crippen molar-refractivity contribution in [2.24, 2.45) is 5.92 Å². The fourth-order valence-corrected chi connectivity index (χ4v) is 5.37. The number of Topliss-reactive ketones (excluding diaryl/α,β-unsaturated/α-hetero) is 1. The third-order valence-electron chi connectivity index (χ3n) is 5.14. The summed E-state index contributed by atoms with van der Waals surface area (Å²) in [5.74, 6) is -8.78. The van der Waals surface area contributed by atoms with Crippen LogP contribution in [0, 0.1) is 5.92 Å².